The van der Waals surface area contributed by atoms with Crippen molar-refractivity contribution in [2.75, 3.05) is 0 Å². The predicted octanol–water partition coefficient (Wildman–Crippen LogP) is 7.30. The van der Waals surface area contributed by atoms with Crippen LogP contribution in [0.3, 0.4) is 0 Å². The molecule has 28 heavy (non-hydrogen) atoms. The summed E-state index contributed by atoms with van der Waals surface area (Å²) in [6, 6.07) is 6.75. The van der Waals surface area contributed by atoms with Crippen molar-refractivity contribution in [1.29, 1.82) is 0 Å². The van der Waals surface area contributed by atoms with Crippen molar-refractivity contribution in [2.24, 2.45) is 5.92 Å². The molecule has 0 fully saturated rings. The van der Waals surface area contributed by atoms with E-state index >= 15 is 0 Å². The third-order valence-electron chi connectivity index (χ3n) is 5.09. The van der Waals surface area contributed by atoms with Gasteiger partial charge in [-0.3, -0.25) is 0 Å². The largest absolute Gasteiger partial charge is 0.0911 e. The second kappa shape index (κ2) is 12.5. The molecule has 0 saturated heterocycles. The average Bonchev–Trinajstić information content (AvgIpc) is 2.61. The summed E-state index contributed by atoms with van der Waals surface area (Å²) in [5.41, 5.74) is 7.01. The molecule has 1 aromatic carbocycles. The van der Waals surface area contributed by atoms with Crippen molar-refractivity contribution in [2.45, 2.75) is 78.1 Å². The van der Waals surface area contributed by atoms with E-state index < -0.39 is 0 Å². The third kappa shape index (κ3) is 7.73. The van der Waals surface area contributed by atoms with Gasteiger partial charge in [0.2, 0.25) is 0 Å². The Bertz CT molecular complexity index is 832. The van der Waals surface area contributed by atoms with Gasteiger partial charge in [-0.2, -0.15) is 0 Å². The Morgan fingerprint density at radius 2 is 1.75 bits per heavy atom. The Hall–Kier alpha value is -1.09. The highest BCUT2D eigenvalue weighted by molar-refractivity contribution is 14.1. The van der Waals surface area contributed by atoms with E-state index in [9.17, 15) is 0 Å². The predicted molar refractivity (Wildman–Crippen MR) is 137 cm³/mol. The number of halogens is 1. The monoisotopic (exact) mass is 490 g/mol. The van der Waals surface area contributed by atoms with Crippen molar-refractivity contribution in [1.82, 2.24) is 0 Å². The number of hydrogen-bond donors (Lipinski definition) is 0. The van der Waals surface area contributed by atoms with Crippen molar-refractivity contribution in [3.05, 3.63) is 69.1 Å². The van der Waals surface area contributed by atoms with Crippen LogP contribution in [0.15, 0.2) is 53.1 Å². The highest BCUT2D eigenvalue weighted by Gasteiger charge is 2.10. The van der Waals surface area contributed by atoms with Crippen LogP contribution in [0, 0.1) is 5.92 Å². The van der Waals surface area contributed by atoms with Gasteiger partial charge in [0.15, 0.2) is 0 Å². The van der Waals surface area contributed by atoms with Crippen LogP contribution in [0.4, 0.5) is 0 Å². The molecule has 0 aliphatic rings. The molecule has 1 heteroatoms. The first-order valence-corrected chi connectivity index (χ1v) is 12.0. The van der Waals surface area contributed by atoms with E-state index in [0.717, 1.165) is 11.6 Å². The summed E-state index contributed by atoms with van der Waals surface area (Å²) in [6.45, 7) is 20.1. The summed E-state index contributed by atoms with van der Waals surface area (Å²) in [7, 11) is 0. The summed E-state index contributed by atoms with van der Waals surface area (Å²) >= 11 is 2.53. The van der Waals surface area contributed by atoms with Crippen LogP contribution >= 0.6 is 22.6 Å². The fourth-order valence-corrected chi connectivity index (χ4v) is 4.06. The van der Waals surface area contributed by atoms with Crippen molar-refractivity contribution in [3.63, 3.8) is 0 Å². The van der Waals surface area contributed by atoms with Gasteiger partial charge in [-0.15, -0.1) is 0 Å². The summed E-state index contributed by atoms with van der Waals surface area (Å²) in [6.07, 6.45) is 11.7. The molecular weight excluding hydrogens is 451 g/mol. The summed E-state index contributed by atoms with van der Waals surface area (Å²) < 4.78 is 0.427. The number of hydrogen-bond acceptors (Lipinski definition) is 0. The van der Waals surface area contributed by atoms with Gasteiger partial charge in [-0.05, 0) is 72.3 Å². The molecule has 1 aromatic rings. The molecule has 0 saturated carbocycles. The molecule has 0 aliphatic carbocycles. The fraction of sp³-hybridized carbons (Fsp3) is 0.481. The second-order valence-corrected chi connectivity index (χ2v) is 10.0. The lowest BCUT2D eigenvalue weighted by atomic mass is 9.92. The zero-order valence-electron chi connectivity index (χ0n) is 19.0. The van der Waals surface area contributed by atoms with Gasteiger partial charge in [0.25, 0.3) is 0 Å². The molecule has 0 amide bonds. The minimum atomic E-state index is 0.427. The smallest absolute Gasteiger partial charge is 0.0337 e. The van der Waals surface area contributed by atoms with E-state index in [1.54, 1.807) is 0 Å². The maximum absolute atomic E-state index is 4.31. The Labute approximate surface area is 187 Å². The minimum absolute atomic E-state index is 0.427. The highest BCUT2D eigenvalue weighted by Crippen LogP contribution is 2.24. The van der Waals surface area contributed by atoms with Crippen LogP contribution in [0.1, 0.15) is 73.3 Å². The number of rotatable bonds is 9. The van der Waals surface area contributed by atoms with Gasteiger partial charge in [-0.25, -0.2) is 0 Å². The third-order valence-corrected chi connectivity index (χ3v) is 5.76. The van der Waals surface area contributed by atoms with E-state index in [4.69, 9.17) is 0 Å². The van der Waals surface area contributed by atoms with Gasteiger partial charge in [0, 0.05) is 3.92 Å². The van der Waals surface area contributed by atoms with E-state index in [0.29, 0.717) is 9.84 Å². The zero-order chi connectivity index (χ0) is 21.3. The van der Waals surface area contributed by atoms with E-state index in [1.807, 2.05) is 0 Å². The summed E-state index contributed by atoms with van der Waals surface area (Å²) in [5, 5.41) is 2.42. The molecule has 0 aromatic heterocycles. The molecule has 0 unspecified atom stereocenters. The quantitative estimate of drug-likeness (QED) is 0.194. The van der Waals surface area contributed by atoms with Gasteiger partial charge in [0.05, 0.1) is 0 Å². The summed E-state index contributed by atoms with van der Waals surface area (Å²) in [4.78, 5) is 0. The van der Waals surface area contributed by atoms with Crippen LogP contribution in [0.2, 0.25) is 0 Å². The highest BCUT2D eigenvalue weighted by atomic mass is 127. The maximum Gasteiger partial charge on any atom is 0.0337 e. The topological polar surface area (TPSA) is 0 Å². The lowest BCUT2D eigenvalue weighted by molar-refractivity contribution is 0.777. The Balaban J connectivity index is 3.56. The molecule has 1 rings (SSSR count). The minimum Gasteiger partial charge on any atom is -0.0911 e. The van der Waals surface area contributed by atoms with E-state index in [2.05, 4.69) is 114 Å². The van der Waals surface area contributed by atoms with Crippen molar-refractivity contribution >= 4 is 34.7 Å². The molecule has 1 atom stereocenters. The lowest BCUT2D eigenvalue weighted by Gasteiger charge is -2.15. The van der Waals surface area contributed by atoms with Gasteiger partial charge < -0.3 is 0 Å². The average molecular weight is 491 g/mol. The molecule has 0 heterocycles. The molecule has 0 nitrogen and oxygen atoms in total. The van der Waals surface area contributed by atoms with Crippen molar-refractivity contribution in [3.8, 4) is 0 Å². The van der Waals surface area contributed by atoms with Crippen LogP contribution in [0.5, 0.6) is 0 Å². The number of alkyl halides is 1. The molecule has 0 spiro atoms. The van der Waals surface area contributed by atoms with Crippen LogP contribution in [0.25, 0.3) is 12.2 Å². The van der Waals surface area contributed by atoms with Gasteiger partial charge in [-0.1, -0.05) is 112 Å². The lowest BCUT2D eigenvalue weighted by Crippen LogP contribution is -2.28. The normalized spacial score (nSPS) is 15.8. The van der Waals surface area contributed by atoms with Crippen molar-refractivity contribution < 1.29 is 0 Å². The molecule has 0 N–H and O–H groups in total. The maximum atomic E-state index is 4.31. The first-order valence-electron chi connectivity index (χ1n) is 10.7. The standard InChI is InChI=1S/C27H39I/c1-9-11-20(5)13-16-25(19(3)4)22(7)17-27(23(8)28)26-18-24(12-10-2)15-14-21(26)6/h13-19,23H,6,9-12H2,1-5,7-8H3/b20-13-,22-17+,25-16+,27-26+/t23-/m0/s1. The summed E-state index contributed by atoms with van der Waals surface area (Å²) in [5.74, 6) is 0.498. The molecular formula is C27H39I. The first kappa shape index (κ1) is 24.9. The Morgan fingerprint density at radius 1 is 1.07 bits per heavy atom. The van der Waals surface area contributed by atoms with E-state index in [1.165, 1.54) is 52.3 Å². The number of allylic oxidation sites excluding steroid dienone is 6. The van der Waals surface area contributed by atoms with Crippen LogP contribution < -0.4 is 10.4 Å². The first-order chi connectivity index (χ1) is 13.2. The SMILES string of the molecule is C=c1ccc(CCC)c/c1=C(/C=C(C)/C(=C/C=C(/C)CCC)C(C)C)[C@H](C)I. The fourth-order valence-electron chi connectivity index (χ4n) is 3.55. The molecule has 154 valence electrons. The van der Waals surface area contributed by atoms with Gasteiger partial charge >= 0.3 is 0 Å². The molecule has 0 aliphatic heterocycles. The Kier molecular flexibility index (Phi) is 11.1. The number of aryl methyl sites for hydroxylation is 1. The molecule has 0 bridgehead atoms. The zero-order valence-corrected chi connectivity index (χ0v) is 21.2. The number of benzene rings is 1. The van der Waals surface area contributed by atoms with E-state index in [-0.39, 0.29) is 0 Å². The van der Waals surface area contributed by atoms with Crippen LogP contribution in [-0.4, -0.2) is 3.92 Å². The Morgan fingerprint density at radius 3 is 2.29 bits per heavy atom. The second-order valence-electron chi connectivity index (χ2n) is 8.18. The van der Waals surface area contributed by atoms with Crippen LogP contribution in [-0.2, 0) is 6.42 Å². The molecule has 0 radical (unpaired) electrons. The van der Waals surface area contributed by atoms with Gasteiger partial charge in [0.1, 0.15) is 0 Å².